The fourth-order valence-corrected chi connectivity index (χ4v) is 2.41. The number of carboxylic acid groups (broad SMARTS) is 1. The standard InChI is InChI=1S/C13H13ClFNO3/c14-8-4-5-9(10(15)7-8)12(17)16-6-2-1-3-11(16)13(18)19/h4-5,7,11H,1-3,6H2,(H,18,19). The molecule has 1 amide bonds. The van der Waals surface area contributed by atoms with Crippen molar-refractivity contribution in [3.63, 3.8) is 0 Å². The van der Waals surface area contributed by atoms with Crippen molar-refractivity contribution in [2.45, 2.75) is 25.3 Å². The number of nitrogens with zero attached hydrogens (tertiary/aromatic N) is 1. The van der Waals surface area contributed by atoms with Crippen molar-refractivity contribution >= 4 is 23.5 Å². The first-order valence-corrected chi connectivity index (χ1v) is 6.37. The lowest BCUT2D eigenvalue weighted by Gasteiger charge is -2.33. The Kier molecular flexibility index (Phi) is 4.04. The third-order valence-corrected chi connectivity index (χ3v) is 3.45. The molecule has 1 saturated heterocycles. The van der Waals surface area contributed by atoms with Crippen molar-refractivity contribution in [1.29, 1.82) is 0 Å². The molecule has 0 spiro atoms. The number of hydrogen-bond acceptors (Lipinski definition) is 2. The van der Waals surface area contributed by atoms with Crippen LogP contribution in [0.5, 0.6) is 0 Å². The predicted octanol–water partition coefficient (Wildman–Crippen LogP) is 2.56. The van der Waals surface area contributed by atoms with Crippen LogP contribution in [0.2, 0.25) is 5.02 Å². The zero-order chi connectivity index (χ0) is 14.0. The van der Waals surface area contributed by atoms with Crippen LogP contribution in [0.25, 0.3) is 0 Å². The number of hydrogen-bond donors (Lipinski definition) is 1. The van der Waals surface area contributed by atoms with Crippen molar-refractivity contribution in [1.82, 2.24) is 4.90 Å². The first-order valence-electron chi connectivity index (χ1n) is 5.99. The Balaban J connectivity index is 2.28. The molecule has 0 aromatic heterocycles. The molecule has 102 valence electrons. The SMILES string of the molecule is O=C(O)C1CCCCN1C(=O)c1ccc(Cl)cc1F. The maximum Gasteiger partial charge on any atom is 0.326 e. The number of piperidine rings is 1. The second-order valence-corrected chi connectivity index (χ2v) is 4.91. The molecule has 2 rings (SSSR count). The largest absolute Gasteiger partial charge is 0.480 e. The van der Waals surface area contributed by atoms with Gasteiger partial charge < -0.3 is 10.0 Å². The molecule has 1 aromatic carbocycles. The molecule has 1 atom stereocenters. The molecule has 0 saturated carbocycles. The molecule has 1 aromatic rings. The second-order valence-electron chi connectivity index (χ2n) is 4.47. The summed E-state index contributed by atoms with van der Waals surface area (Å²) in [4.78, 5) is 24.6. The van der Waals surface area contributed by atoms with Gasteiger partial charge >= 0.3 is 5.97 Å². The molecular formula is C13H13ClFNO3. The average molecular weight is 286 g/mol. The molecule has 1 N–H and O–H groups in total. The summed E-state index contributed by atoms with van der Waals surface area (Å²) in [5.41, 5.74) is -0.141. The Hall–Kier alpha value is -1.62. The fourth-order valence-electron chi connectivity index (χ4n) is 2.25. The fraction of sp³-hybridized carbons (Fsp3) is 0.385. The van der Waals surface area contributed by atoms with Crippen LogP contribution in [-0.2, 0) is 4.79 Å². The van der Waals surface area contributed by atoms with Crippen molar-refractivity contribution in [3.05, 3.63) is 34.6 Å². The van der Waals surface area contributed by atoms with E-state index in [-0.39, 0.29) is 10.6 Å². The van der Waals surface area contributed by atoms with Gasteiger partial charge in [-0.05, 0) is 37.5 Å². The van der Waals surface area contributed by atoms with Crippen molar-refractivity contribution in [3.8, 4) is 0 Å². The van der Waals surface area contributed by atoms with Crippen LogP contribution >= 0.6 is 11.6 Å². The van der Waals surface area contributed by atoms with Gasteiger partial charge in [0.15, 0.2) is 0 Å². The van der Waals surface area contributed by atoms with E-state index in [0.717, 1.165) is 18.9 Å². The maximum absolute atomic E-state index is 13.7. The zero-order valence-electron chi connectivity index (χ0n) is 10.1. The monoisotopic (exact) mass is 285 g/mol. The van der Waals surface area contributed by atoms with Gasteiger partial charge in [-0.15, -0.1) is 0 Å². The minimum atomic E-state index is -1.05. The lowest BCUT2D eigenvalue weighted by Crippen LogP contribution is -2.48. The lowest BCUT2D eigenvalue weighted by atomic mass is 10.0. The van der Waals surface area contributed by atoms with E-state index in [1.165, 1.54) is 17.0 Å². The Bertz CT molecular complexity index is 521. The summed E-state index contributed by atoms with van der Waals surface area (Å²) in [6.07, 6.45) is 1.88. The van der Waals surface area contributed by atoms with E-state index < -0.39 is 23.7 Å². The van der Waals surface area contributed by atoms with Crippen molar-refractivity contribution in [2.75, 3.05) is 6.54 Å². The summed E-state index contributed by atoms with van der Waals surface area (Å²) >= 11 is 5.63. The van der Waals surface area contributed by atoms with Gasteiger partial charge in [0.2, 0.25) is 0 Å². The highest BCUT2D eigenvalue weighted by Gasteiger charge is 2.33. The van der Waals surface area contributed by atoms with E-state index in [2.05, 4.69) is 0 Å². The Morgan fingerprint density at radius 3 is 2.74 bits per heavy atom. The van der Waals surface area contributed by atoms with Gasteiger partial charge in [-0.1, -0.05) is 11.6 Å². The van der Waals surface area contributed by atoms with Crippen LogP contribution in [0.15, 0.2) is 18.2 Å². The summed E-state index contributed by atoms with van der Waals surface area (Å²) < 4.78 is 13.7. The van der Waals surface area contributed by atoms with Gasteiger partial charge in [-0.3, -0.25) is 4.79 Å². The van der Waals surface area contributed by atoms with E-state index in [4.69, 9.17) is 16.7 Å². The predicted molar refractivity (Wildman–Crippen MR) is 67.7 cm³/mol. The molecule has 4 nitrogen and oxygen atoms in total. The highest BCUT2D eigenvalue weighted by atomic mass is 35.5. The molecule has 0 aliphatic carbocycles. The molecule has 1 unspecified atom stereocenters. The van der Waals surface area contributed by atoms with E-state index in [0.29, 0.717) is 13.0 Å². The zero-order valence-corrected chi connectivity index (χ0v) is 10.9. The van der Waals surface area contributed by atoms with E-state index in [1.54, 1.807) is 0 Å². The normalized spacial score (nSPS) is 19.3. The van der Waals surface area contributed by atoms with Crippen molar-refractivity contribution < 1.29 is 19.1 Å². The molecule has 0 radical (unpaired) electrons. The Morgan fingerprint density at radius 2 is 2.11 bits per heavy atom. The van der Waals surface area contributed by atoms with Crippen LogP contribution < -0.4 is 0 Å². The van der Waals surface area contributed by atoms with Crippen LogP contribution in [0.3, 0.4) is 0 Å². The summed E-state index contributed by atoms with van der Waals surface area (Å²) in [5, 5.41) is 9.31. The van der Waals surface area contributed by atoms with Gasteiger partial charge in [0.05, 0.1) is 5.56 Å². The molecule has 6 heteroatoms. The topological polar surface area (TPSA) is 57.6 Å². The van der Waals surface area contributed by atoms with Gasteiger partial charge in [-0.2, -0.15) is 0 Å². The quantitative estimate of drug-likeness (QED) is 0.908. The molecule has 1 heterocycles. The number of aliphatic carboxylic acids is 1. The number of benzene rings is 1. The number of rotatable bonds is 2. The maximum atomic E-state index is 13.7. The lowest BCUT2D eigenvalue weighted by molar-refractivity contribution is -0.143. The third-order valence-electron chi connectivity index (χ3n) is 3.21. The summed E-state index contributed by atoms with van der Waals surface area (Å²) in [6.45, 7) is 0.331. The van der Waals surface area contributed by atoms with Gasteiger partial charge in [-0.25, -0.2) is 9.18 Å². The van der Waals surface area contributed by atoms with Crippen molar-refractivity contribution in [2.24, 2.45) is 0 Å². The highest BCUT2D eigenvalue weighted by molar-refractivity contribution is 6.30. The number of carbonyl (C=O) groups excluding carboxylic acids is 1. The Morgan fingerprint density at radius 1 is 1.37 bits per heavy atom. The molecule has 1 aliphatic rings. The van der Waals surface area contributed by atoms with Crippen LogP contribution in [0, 0.1) is 5.82 Å². The average Bonchev–Trinajstić information content (AvgIpc) is 2.38. The molecule has 19 heavy (non-hydrogen) atoms. The van der Waals surface area contributed by atoms with Crippen LogP contribution in [-0.4, -0.2) is 34.5 Å². The van der Waals surface area contributed by atoms with Gasteiger partial charge in [0, 0.05) is 11.6 Å². The number of carboxylic acids is 1. The first-order chi connectivity index (χ1) is 9.00. The Labute approximate surface area is 114 Å². The van der Waals surface area contributed by atoms with Gasteiger partial charge in [0.25, 0.3) is 5.91 Å². The van der Waals surface area contributed by atoms with E-state index in [1.807, 2.05) is 0 Å². The third kappa shape index (κ3) is 2.87. The smallest absolute Gasteiger partial charge is 0.326 e. The van der Waals surface area contributed by atoms with Crippen LogP contribution in [0.1, 0.15) is 29.6 Å². The van der Waals surface area contributed by atoms with Gasteiger partial charge in [0.1, 0.15) is 11.9 Å². The number of likely N-dealkylation sites (tertiary alicyclic amines) is 1. The summed E-state index contributed by atoms with van der Waals surface area (Å²) in [5.74, 6) is -2.38. The molecule has 0 bridgehead atoms. The van der Waals surface area contributed by atoms with E-state index >= 15 is 0 Å². The molecular weight excluding hydrogens is 273 g/mol. The second kappa shape index (κ2) is 5.57. The summed E-state index contributed by atoms with van der Waals surface area (Å²) in [6, 6.07) is 2.87. The molecule has 1 aliphatic heterocycles. The first kappa shape index (κ1) is 13.8. The van der Waals surface area contributed by atoms with E-state index in [9.17, 15) is 14.0 Å². The number of carbonyl (C=O) groups is 2. The highest BCUT2D eigenvalue weighted by Crippen LogP contribution is 2.22. The minimum Gasteiger partial charge on any atom is -0.480 e. The number of amides is 1. The van der Waals surface area contributed by atoms with Crippen LogP contribution in [0.4, 0.5) is 4.39 Å². The molecule has 1 fully saturated rings. The number of halogens is 2. The minimum absolute atomic E-state index is 0.141. The summed E-state index contributed by atoms with van der Waals surface area (Å²) in [7, 11) is 0.